The van der Waals surface area contributed by atoms with Gasteiger partial charge < -0.3 is 24.4 Å². The second-order valence-corrected chi connectivity index (χ2v) is 13.6. The molecule has 0 radical (unpaired) electrons. The van der Waals surface area contributed by atoms with Gasteiger partial charge in [0.15, 0.2) is 6.10 Å². The summed E-state index contributed by atoms with van der Waals surface area (Å²) in [4.78, 5) is 42.7. The lowest BCUT2D eigenvalue weighted by molar-refractivity contribution is -0.161. The molecule has 0 aromatic carbocycles. The van der Waals surface area contributed by atoms with Crippen molar-refractivity contribution in [1.82, 2.24) is 0 Å². The van der Waals surface area contributed by atoms with Gasteiger partial charge in [0, 0.05) is 12.8 Å². The molecule has 1 unspecified atom stereocenters. The first-order valence-electron chi connectivity index (χ1n) is 19.3. The topological polar surface area (TPSA) is 140 Å². The van der Waals surface area contributed by atoms with Crippen molar-refractivity contribution in [2.24, 2.45) is 0 Å². The lowest BCUT2D eigenvalue weighted by atomic mass is 10.2. The molecule has 0 fully saturated rings. The molecular formula is C43H67O9P. The summed E-state index contributed by atoms with van der Waals surface area (Å²) in [6.45, 7) is 3.34. The van der Waals surface area contributed by atoms with Crippen LogP contribution in [-0.2, 0) is 28.2 Å². The van der Waals surface area contributed by atoms with Crippen molar-refractivity contribution in [3.05, 3.63) is 109 Å². The predicted molar refractivity (Wildman–Crippen MR) is 217 cm³/mol. The molecule has 0 bridgehead atoms. The third-order valence-electron chi connectivity index (χ3n) is 7.36. The Morgan fingerprint density at radius 1 is 0.604 bits per heavy atom. The summed E-state index contributed by atoms with van der Waals surface area (Å²) >= 11 is 0. The monoisotopic (exact) mass is 758 g/mol. The van der Waals surface area contributed by atoms with E-state index in [1.807, 2.05) is 30.4 Å². The highest BCUT2D eigenvalue weighted by Crippen LogP contribution is 2.35. The van der Waals surface area contributed by atoms with Crippen molar-refractivity contribution >= 4 is 19.8 Å². The van der Waals surface area contributed by atoms with Crippen LogP contribution < -0.4 is 0 Å². The van der Waals surface area contributed by atoms with Gasteiger partial charge in [-0.05, 0) is 83.5 Å². The fraction of sp³-hybridized carbons (Fsp3) is 0.535. The van der Waals surface area contributed by atoms with Crippen molar-refractivity contribution in [1.29, 1.82) is 0 Å². The Hall–Kier alpha value is -3.33. The number of ether oxygens (including phenoxy) is 2. The van der Waals surface area contributed by atoms with E-state index in [1.54, 1.807) is 12.2 Å². The van der Waals surface area contributed by atoms with Crippen LogP contribution in [0, 0.1) is 0 Å². The maximum Gasteiger partial charge on any atom is 0.469 e. The smallest absolute Gasteiger partial charge is 0.462 e. The standard InChI is InChI=1S/C43H67O9P/c1-3-5-7-9-11-13-14-15-16-17-18-19-20-22-24-28-33-37-43(46)52-41(39-51-53(47,48)49)38-50-42(45)36-32-29-25-27-31-35-40(44)34-30-26-23-21-12-10-8-6-4-2/h5,7,11-13,15-16,18-19,21-22,24-27,30-31,35,40-41,44H,3-4,6,8-10,14,17,20,23,28-29,32-34,36-39H2,1-2H3,(H2,47,48,49)/b7-5-,13-11-,16-15-,19-18-,21-12-,24-22-,27-25+,30-26-,35-31-/t40?,41-/m1/s1. The summed E-state index contributed by atoms with van der Waals surface area (Å²) in [7, 11) is -4.81. The van der Waals surface area contributed by atoms with Crippen LogP contribution in [0.4, 0.5) is 0 Å². The molecule has 53 heavy (non-hydrogen) atoms. The number of hydrogen-bond acceptors (Lipinski definition) is 7. The maximum atomic E-state index is 12.4. The molecule has 298 valence electrons. The van der Waals surface area contributed by atoms with E-state index >= 15 is 0 Å². The minimum Gasteiger partial charge on any atom is -0.462 e. The summed E-state index contributed by atoms with van der Waals surface area (Å²) in [5.41, 5.74) is 0. The fourth-order valence-electron chi connectivity index (χ4n) is 4.48. The number of allylic oxidation sites excluding steroid dienone is 16. The molecule has 0 aromatic rings. The third-order valence-corrected chi connectivity index (χ3v) is 7.84. The van der Waals surface area contributed by atoms with Crippen LogP contribution in [-0.4, -0.2) is 52.3 Å². The normalized spacial score (nSPS) is 14.3. The molecule has 0 heterocycles. The number of hydrogen-bond donors (Lipinski definition) is 3. The van der Waals surface area contributed by atoms with Gasteiger partial charge in [-0.3, -0.25) is 14.1 Å². The van der Waals surface area contributed by atoms with E-state index in [-0.39, 0.29) is 19.4 Å². The van der Waals surface area contributed by atoms with Crippen LogP contribution >= 0.6 is 7.82 Å². The lowest BCUT2D eigenvalue weighted by Gasteiger charge is -2.18. The predicted octanol–water partition coefficient (Wildman–Crippen LogP) is 10.6. The summed E-state index contributed by atoms with van der Waals surface area (Å²) < 4.78 is 26.2. The zero-order chi connectivity index (χ0) is 39.1. The van der Waals surface area contributed by atoms with Crippen LogP contribution in [0.1, 0.15) is 123 Å². The zero-order valence-corrected chi connectivity index (χ0v) is 33.1. The SMILES string of the molecule is CC/C=C\C/C=C\C/C=C\C/C=C\C/C=C\CCCC(=O)O[C@H](COC(=O)CCC/C=C/C=C\C(O)C/C=C\C/C=C\CCCCC)COP(=O)(O)O. The lowest BCUT2D eigenvalue weighted by Crippen LogP contribution is -2.29. The minimum absolute atomic E-state index is 0.0973. The average molecular weight is 759 g/mol. The molecule has 0 aliphatic carbocycles. The van der Waals surface area contributed by atoms with Gasteiger partial charge in [0.25, 0.3) is 0 Å². The van der Waals surface area contributed by atoms with E-state index in [2.05, 4.69) is 85.2 Å². The Morgan fingerprint density at radius 3 is 1.68 bits per heavy atom. The minimum atomic E-state index is -4.81. The summed E-state index contributed by atoms with van der Waals surface area (Å²) in [6.07, 6.45) is 48.4. The second kappa shape index (κ2) is 37.0. The summed E-state index contributed by atoms with van der Waals surface area (Å²) in [5, 5.41) is 10.1. The van der Waals surface area contributed by atoms with Crippen molar-refractivity contribution in [2.75, 3.05) is 13.2 Å². The molecule has 0 aliphatic heterocycles. The van der Waals surface area contributed by atoms with E-state index in [0.29, 0.717) is 32.1 Å². The summed E-state index contributed by atoms with van der Waals surface area (Å²) in [6, 6.07) is 0. The van der Waals surface area contributed by atoms with Gasteiger partial charge in [0.2, 0.25) is 0 Å². The van der Waals surface area contributed by atoms with Gasteiger partial charge in [-0.2, -0.15) is 0 Å². The molecule has 0 saturated heterocycles. The van der Waals surface area contributed by atoms with E-state index in [1.165, 1.54) is 19.3 Å². The van der Waals surface area contributed by atoms with Crippen molar-refractivity contribution in [3.8, 4) is 0 Å². The fourth-order valence-corrected chi connectivity index (χ4v) is 4.84. The van der Waals surface area contributed by atoms with Crippen LogP contribution in [0.2, 0.25) is 0 Å². The van der Waals surface area contributed by atoms with Crippen molar-refractivity contribution in [2.45, 2.75) is 135 Å². The number of rotatable bonds is 33. The molecule has 0 rings (SSSR count). The highest BCUT2D eigenvalue weighted by molar-refractivity contribution is 7.46. The molecule has 0 saturated carbocycles. The highest BCUT2D eigenvalue weighted by atomic mass is 31.2. The zero-order valence-electron chi connectivity index (χ0n) is 32.2. The number of aliphatic hydroxyl groups excluding tert-OH is 1. The van der Waals surface area contributed by atoms with Gasteiger partial charge in [-0.15, -0.1) is 0 Å². The van der Waals surface area contributed by atoms with E-state index in [9.17, 15) is 19.3 Å². The number of esters is 2. The van der Waals surface area contributed by atoms with Gasteiger partial charge >= 0.3 is 19.8 Å². The Morgan fingerprint density at radius 2 is 1.11 bits per heavy atom. The number of phosphoric acid groups is 1. The van der Waals surface area contributed by atoms with Gasteiger partial charge in [-0.25, -0.2) is 4.57 Å². The molecule has 0 aliphatic rings. The molecular weight excluding hydrogens is 691 g/mol. The molecule has 0 amide bonds. The number of carbonyl (C=O) groups excluding carboxylic acids is 2. The highest BCUT2D eigenvalue weighted by Gasteiger charge is 2.22. The number of phosphoric ester groups is 1. The Bertz CT molecular complexity index is 1230. The van der Waals surface area contributed by atoms with Crippen molar-refractivity contribution < 1.29 is 43.0 Å². The Kier molecular flexibility index (Phi) is 34.7. The van der Waals surface area contributed by atoms with Gasteiger partial charge in [-0.1, -0.05) is 136 Å². The molecule has 2 atom stereocenters. The Balaban J connectivity index is 4.28. The van der Waals surface area contributed by atoms with Gasteiger partial charge in [0.1, 0.15) is 6.61 Å². The first kappa shape index (κ1) is 49.7. The largest absolute Gasteiger partial charge is 0.469 e. The van der Waals surface area contributed by atoms with E-state index < -0.39 is 38.6 Å². The first-order valence-corrected chi connectivity index (χ1v) is 20.8. The van der Waals surface area contributed by atoms with E-state index in [0.717, 1.165) is 44.9 Å². The first-order chi connectivity index (χ1) is 25.7. The molecule has 9 nitrogen and oxygen atoms in total. The van der Waals surface area contributed by atoms with Gasteiger partial charge in [0.05, 0.1) is 12.7 Å². The van der Waals surface area contributed by atoms with Crippen LogP contribution in [0.3, 0.4) is 0 Å². The number of aliphatic hydroxyl groups is 1. The van der Waals surface area contributed by atoms with E-state index in [4.69, 9.17) is 19.3 Å². The quantitative estimate of drug-likeness (QED) is 0.0196. The number of carbonyl (C=O) groups is 2. The molecule has 10 heteroatoms. The van der Waals surface area contributed by atoms with Crippen LogP contribution in [0.5, 0.6) is 0 Å². The molecule has 0 aromatic heterocycles. The number of unbranched alkanes of at least 4 members (excludes halogenated alkanes) is 5. The van der Waals surface area contributed by atoms with Crippen LogP contribution in [0.25, 0.3) is 0 Å². The van der Waals surface area contributed by atoms with Crippen molar-refractivity contribution in [3.63, 3.8) is 0 Å². The maximum absolute atomic E-state index is 12.4. The second-order valence-electron chi connectivity index (χ2n) is 12.4. The molecule has 0 spiro atoms. The third kappa shape index (κ3) is 39.7. The Labute approximate surface area is 319 Å². The van der Waals surface area contributed by atoms with Crippen LogP contribution in [0.15, 0.2) is 109 Å². The molecule has 3 N–H and O–H groups in total. The average Bonchev–Trinajstić information content (AvgIpc) is 3.12. The summed E-state index contributed by atoms with van der Waals surface area (Å²) in [5.74, 6) is -1.10.